The zero-order chi connectivity index (χ0) is 13.8. The Kier molecular flexibility index (Phi) is 4.31. The van der Waals surface area contributed by atoms with Crippen molar-refractivity contribution in [1.82, 2.24) is 5.16 Å². The molecule has 1 N–H and O–H groups in total. The molecule has 0 radical (unpaired) electrons. The second-order valence-corrected chi connectivity index (χ2v) is 5.18. The molecule has 0 saturated heterocycles. The number of carbonyl (C=O) groups is 1. The van der Waals surface area contributed by atoms with Crippen molar-refractivity contribution in [3.05, 3.63) is 47.5 Å². The van der Waals surface area contributed by atoms with E-state index in [-0.39, 0.29) is 18.1 Å². The maximum absolute atomic E-state index is 13.5. The van der Waals surface area contributed by atoms with Crippen LogP contribution in [0, 0.1) is 12.7 Å². The van der Waals surface area contributed by atoms with Crippen LogP contribution in [0.15, 0.2) is 34.9 Å². The summed E-state index contributed by atoms with van der Waals surface area (Å²) in [5.74, 6) is 0.338. The highest BCUT2D eigenvalue weighted by atomic mass is 79.9. The molecule has 4 nitrogen and oxygen atoms in total. The van der Waals surface area contributed by atoms with Crippen LogP contribution in [0.4, 0.5) is 10.2 Å². The topological polar surface area (TPSA) is 55.1 Å². The molecule has 100 valence electrons. The first-order valence-electron chi connectivity index (χ1n) is 5.68. The van der Waals surface area contributed by atoms with Crippen LogP contribution in [0.2, 0.25) is 0 Å². The van der Waals surface area contributed by atoms with E-state index in [1.54, 1.807) is 31.2 Å². The lowest BCUT2D eigenvalue weighted by atomic mass is 10.1. The number of nitrogens with one attached hydrogen (secondary N) is 1. The normalized spacial score (nSPS) is 12.2. The van der Waals surface area contributed by atoms with Crippen LogP contribution in [-0.2, 0) is 11.2 Å². The highest BCUT2D eigenvalue weighted by Gasteiger charge is 2.18. The van der Waals surface area contributed by atoms with Gasteiger partial charge in [-0.15, -0.1) is 0 Å². The molecule has 0 aliphatic heterocycles. The van der Waals surface area contributed by atoms with E-state index in [1.807, 2.05) is 0 Å². The number of carbonyl (C=O) groups excluding carboxylic acids is 1. The van der Waals surface area contributed by atoms with Crippen LogP contribution < -0.4 is 5.32 Å². The predicted octanol–water partition coefficient (Wildman–Crippen LogP) is 3.07. The standard InChI is InChI=1S/C13H12BrFN2O2/c1-8-6-12(17-19-8)16-13(18)10(14)7-9-4-2-3-5-11(9)15/h2-6,10H,7H2,1H3,(H,16,17,18). The van der Waals surface area contributed by atoms with Gasteiger partial charge in [0.15, 0.2) is 5.82 Å². The number of aryl methyl sites for hydroxylation is 1. The van der Waals surface area contributed by atoms with Crippen LogP contribution in [0.1, 0.15) is 11.3 Å². The van der Waals surface area contributed by atoms with E-state index in [0.717, 1.165) is 0 Å². The van der Waals surface area contributed by atoms with Gasteiger partial charge >= 0.3 is 0 Å². The highest BCUT2D eigenvalue weighted by Crippen LogP contribution is 2.16. The molecular weight excluding hydrogens is 315 g/mol. The summed E-state index contributed by atoms with van der Waals surface area (Å²) in [6.07, 6.45) is 0.259. The molecule has 1 heterocycles. The van der Waals surface area contributed by atoms with E-state index in [0.29, 0.717) is 17.1 Å². The Morgan fingerprint density at radius 1 is 1.53 bits per heavy atom. The van der Waals surface area contributed by atoms with E-state index in [9.17, 15) is 9.18 Å². The molecular formula is C13H12BrFN2O2. The lowest BCUT2D eigenvalue weighted by molar-refractivity contribution is -0.115. The lowest BCUT2D eigenvalue weighted by Gasteiger charge is -2.09. The molecule has 0 aliphatic rings. The van der Waals surface area contributed by atoms with Crippen molar-refractivity contribution in [3.8, 4) is 0 Å². The minimum absolute atomic E-state index is 0.259. The minimum atomic E-state index is -0.540. The molecule has 0 bridgehead atoms. The van der Waals surface area contributed by atoms with Crippen molar-refractivity contribution in [1.29, 1.82) is 0 Å². The van der Waals surface area contributed by atoms with Gasteiger partial charge in [0.25, 0.3) is 0 Å². The van der Waals surface area contributed by atoms with Gasteiger partial charge in [0.05, 0.1) is 4.83 Å². The zero-order valence-electron chi connectivity index (χ0n) is 10.2. The Bertz CT molecular complexity index is 586. The molecule has 1 unspecified atom stereocenters. The van der Waals surface area contributed by atoms with E-state index < -0.39 is 4.83 Å². The number of aromatic nitrogens is 1. The molecule has 0 aliphatic carbocycles. The van der Waals surface area contributed by atoms with E-state index in [2.05, 4.69) is 26.4 Å². The summed E-state index contributed by atoms with van der Waals surface area (Å²) < 4.78 is 18.3. The van der Waals surface area contributed by atoms with Crippen LogP contribution in [0.5, 0.6) is 0 Å². The van der Waals surface area contributed by atoms with Gasteiger partial charge in [0.2, 0.25) is 5.91 Å². The molecule has 1 atom stereocenters. The van der Waals surface area contributed by atoms with Gasteiger partial charge in [-0.3, -0.25) is 4.79 Å². The number of alkyl halides is 1. The Balaban J connectivity index is 1.98. The molecule has 19 heavy (non-hydrogen) atoms. The average Bonchev–Trinajstić information content (AvgIpc) is 2.77. The predicted molar refractivity (Wildman–Crippen MR) is 72.7 cm³/mol. The molecule has 1 amide bonds. The van der Waals surface area contributed by atoms with Gasteiger partial charge in [0.1, 0.15) is 11.6 Å². The SMILES string of the molecule is Cc1cc(NC(=O)C(Br)Cc2ccccc2F)no1. The fourth-order valence-corrected chi connectivity index (χ4v) is 2.04. The number of nitrogens with zero attached hydrogens (tertiary/aromatic N) is 1. The Morgan fingerprint density at radius 3 is 2.89 bits per heavy atom. The number of anilines is 1. The fourth-order valence-electron chi connectivity index (χ4n) is 1.58. The van der Waals surface area contributed by atoms with Gasteiger partial charge in [0, 0.05) is 6.07 Å². The summed E-state index contributed by atoms with van der Waals surface area (Å²) in [5.41, 5.74) is 0.482. The number of benzene rings is 1. The van der Waals surface area contributed by atoms with E-state index in [4.69, 9.17) is 4.52 Å². The van der Waals surface area contributed by atoms with E-state index >= 15 is 0 Å². The second-order valence-electron chi connectivity index (χ2n) is 4.08. The van der Waals surface area contributed by atoms with Crippen LogP contribution in [0.25, 0.3) is 0 Å². The second kappa shape index (κ2) is 5.97. The fraction of sp³-hybridized carbons (Fsp3) is 0.231. The maximum atomic E-state index is 13.5. The first-order valence-corrected chi connectivity index (χ1v) is 6.59. The molecule has 2 aromatic rings. The van der Waals surface area contributed by atoms with Crippen molar-refractivity contribution >= 4 is 27.7 Å². The number of amides is 1. The third-order valence-electron chi connectivity index (χ3n) is 2.52. The molecule has 1 aromatic heterocycles. The van der Waals surface area contributed by atoms with Gasteiger partial charge in [-0.1, -0.05) is 39.3 Å². The Morgan fingerprint density at radius 2 is 2.26 bits per heavy atom. The summed E-state index contributed by atoms with van der Waals surface area (Å²) in [4.78, 5) is 11.3. The minimum Gasteiger partial charge on any atom is -0.360 e. The maximum Gasteiger partial charge on any atom is 0.239 e. The van der Waals surface area contributed by atoms with Crippen molar-refractivity contribution in [2.45, 2.75) is 18.2 Å². The number of hydrogen-bond donors (Lipinski definition) is 1. The summed E-state index contributed by atoms with van der Waals surface area (Å²) >= 11 is 3.24. The summed E-state index contributed by atoms with van der Waals surface area (Å²) in [5, 5.41) is 6.25. The lowest BCUT2D eigenvalue weighted by Crippen LogP contribution is -2.25. The average molecular weight is 327 g/mol. The van der Waals surface area contributed by atoms with Gasteiger partial charge in [-0.2, -0.15) is 0 Å². The number of rotatable bonds is 4. The first-order chi connectivity index (χ1) is 9.06. The largest absolute Gasteiger partial charge is 0.360 e. The van der Waals surface area contributed by atoms with Crippen LogP contribution in [-0.4, -0.2) is 15.9 Å². The Hall–Kier alpha value is -1.69. The third-order valence-corrected chi connectivity index (χ3v) is 3.26. The van der Waals surface area contributed by atoms with Crippen molar-refractivity contribution in [3.63, 3.8) is 0 Å². The first kappa shape index (κ1) is 13.7. The smallest absolute Gasteiger partial charge is 0.239 e. The zero-order valence-corrected chi connectivity index (χ0v) is 11.8. The summed E-state index contributed by atoms with van der Waals surface area (Å²) in [6.45, 7) is 1.73. The van der Waals surface area contributed by atoms with Crippen molar-refractivity contribution in [2.24, 2.45) is 0 Å². The molecule has 0 spiro atoms. The quantitative estimate of drug-likeness (QED) is 0.878. The summed E-state index contributed by atoms with van der Waals surface area (Å²) in [7, 11) is 0. The highest BCUT2D eigenvalue weighted by molar-refractivity contribution is 9.10. The van der Waals surface area contributed by atoms with Crippen molar-refractivity contribution in [2.75, 3.05) is 5.32 Å². The number of hydrogen-bond acceptors (Lipinski definition) is 3. The molecule has 2 rings (SSSR count). The van der Waals surface area contributed by atoms with Gasteiger partial charge < -0.3 is 9.84 Å². The summed E-state index contributed by atoms with van der Waals surface area (Å²) in [6, 6.07) is 7.98. The van der Waals surface area contributed by atoms with Crippen molar-refractivity contribution < 1.29 is 13.7 Å². The van der Waals surface area contributed by atoms with Gasteiger partial charge in [-0.25, -0.2) is 4.39 Å². The van der Waals surface area contributed by atoms with Crippen LogP contribution in [0.3, 0.4) is 0 Å². The molecule has 6 heteroatoms. The number of halogens is 2. The third kappa shape index (κ3) is 3.64. The van der Waals surface area contributed by atoms with Crippen LogP contribution >= 0.6 is 15.9 Å². The molecule has 1 aromatic carbocycles. The van der Waals surface area contributed by atoms with E-state index in [1.165, 1.54) is 6.07 Å². The molecule has 0 fully saturated rings. The monoisotopic (exact) mass is 326 g/mol. The molecule has 0 saturated carbocycles. The Labute approximate surface area is 118 Å². The van der Waals surface area contributed by atoms with Gasteiger partial charge in [-0.05, 0) is 25.0 Å².